The number of fused-ring (bicyclic) bond motifs is 3. The number of ketones is 2. The Labute approximate surface area is 251 Å². The van der Waals surface area contributed by atoms with Crippen molar-refractivity contribution in [2.45, 2.75) is 41.9 Å². The van der Waals surface area contributed by atoms with Crippen molar-refractivity contribution in [3.8, 4) is 5.75 Å². The maximum Gasteiger partial charge on any atom is 0.305 e. The number of thioether (sulfide) groups is 1. The number of likely N-dealkylation sites (N-methyl/N-ethyl adjacent to an activating group) is 1. The monoisotopic (exact) mass is 608 g/mol. The molecule has 2 aromatic carbocycles. The fourth-order valence-corrected chi connectivity index (χ4v) is 7.75. The van der Waals surface area contributed by atoms with Crippen molar-refractivity contribution >= 4 is 41.0 Å². The number of amides is 1. The molecule has 1 fully saturated rings. The molecule has 3 aliphatic carbocycles. The molecule has 6 atom stereocenters. The normalized spacial score (nSPS) is 28.3. The molecule has 1 amide bonds. The quantitative estimate of drug-likeness (QED) is 0.176. The van der Waals surface area contributed by atoms with Gasteiger partial charge in [-0.05, 0) is 37.9 Å². The van der Waals surface area contributed by atoms with Crippen LogP contribution in [0.2, 0.25) is 0 Å². The highest BCUT2D eigenvalue weighted by molar-refractivity contribution is 7.99. The van der Waals surface area contributed by atoms with E-state index in [-0.39, 0.29) is 23.5 Å². The highest BCUT2D eigenvalue weighted by Crippen LogP contribution is 2.57. The largest absolute Gasteiger partial charge is 0.508 e. The smallest absolute Gasteiger partial charge is 0.305 e. The molecule has 0 heterocycles. The zero-order valence-electron chi connectivity index (χ0n) is 23.7. The van der Waals surface area contributed by atoms with Gasteiger partial charge in [0.2, 0.25) is 5.78 Å². The number of phenols is 1. The van der Waals surface area contributed by atoms with Crippen molar-refractivity contribution < 1.29 is 44.3 Å². The number of benzene rings is 2. The molecule has 0 unspecified atom stereocenters. The van der Waals surface area contributed by atoms with Crippen molar-refractivity contribution in [1.82, 2.24) is 4.90 Å². The summed E-state index contributed by atoms with van der Waals surface area (Å²) in [5.41, 5.74) is 1.51. The molecule has 2 aromatic rings. The van der Waals surface area contributed by atoms with E-state index >= 15 is 0 Å². The first-order valence-electron chi connectivity index (χ1n) is 13.7. The van der Waals surface area contributed by atoms with Crippen LogP contribution in [0.5, 0.6) is 5.75 Å². The Balaban J connectivity index is 1.82. The lowest BCUT2D eigenvalue weighted by Gasteiger charge is -2.54. The van der Waals surface area contributed by atoms with Crippen molar-refractivity contribution in [1.29, 1.82) is 0 Å². The van der Waals surface area contributed by atoms with Crippen LogP contribution in [-0.4, -0.2) is 86.4 Å². The zero-order chi connectivity index (χ0) is 31.4. The fraction of sp³-hybridized carbons (Fsp3) is 0.355. The van der Waals surface area contributed by atoms with Crippen molar-refractivity contribution in [3.05, 3.63) is 76.6 Å². The Bertz CT molecular complexity index is 1580. The fourth-order valence-electron chi connectivity index (χ4n) is 6.65. The van der Waals surface area contributed by atoms with Crippen molar-refractivity contribution in [3.63, 3.8) is 0 Å². The van der Waals surface area contributed by atoms with Gasteiger partial charge in [-0.1, -0.05) is 37.3 Å². The second kappa shape index (κ2) is 11.2. The number of phenolic OH excluding ortho intramolecular Hbond substituents is 1. The first kappa shape index (κ1) is 30.3. The van der Waals surface area contributed by atoms with Gasteiger partial charge >= 0.3 is 5.97 Å². The first-order chi connectivity index (χ1) is 20.4. The van der Waals surface area contributed by atoms with E-state index in [9.17, 15) is 39.6 Å². The predicted octanol–water partition coefficient (Wildman–Crippen LogP) is 2.23. The molecular weight excluding hydrogens is 576 g/mol. The van der Waals surface area contributed by atoms with E-state index in [0.29, 0.717) is 5.56 Å². The average molecular weight is 609 g/mol. The molecule has 226 valence electrons. The van der Waals surface area contributed by atoms with E-state index < -0.39 is 81.6 Å². The molecule has 6 N–H and O–H groups in total. The van der Waals surface area contributed by atoms with Crippen LogP contribution in [0.1, 0.15) is 30.4 Å². The van der Waals surface area contributed by atoms with Crippen LogP contribution < -0.4 is 5.73 Å². The molecule has 3 aliphatic rings. The van der Waals surface area contributed by atoms with Crippen molar-refractivity contribution in [2.75, 3.05) is 19.8 Å². The topological polar surface area (TPSA) is 188 Å². The Hall–Kier alpha value is -4.13. The summed E-state index contributed by atoms with van der Waals surface area (Å²) in [5, 5.41) is 45.8. The summed E-state index contributed by atoms with van der Waals surface area (Å²) in [6.45, 7) is 1.55. The third-order valence-electron chi connectivity index (χ3n) is 8.50. The number of ether oxygens (including phenoxy) is 1. The number of rotatable bonds is 7. The lowest BCUT2D eigenvalue weighted by atomic mass is 9.54. The van der Waals surface area contributed by atoms with Gasteiger partial charge in [-0.3, -0.25) is 24.1 Å². The zero-order valence-corrected chi connectivity index (χ0v) is 24.5. The van der Waals surface area contributed by atoms with Crippen LogP contribution in [0, 0.1) is 11.8 Å². The first-order valence-corrected chi connectivity index (χ1v) is 14.7. The van der Waals surface area contributed by atoms with Gasteiger partial charge in [-0.15, -0.1) is 11.8 Å². The van der Waals surface area contributed by atoms with Gasteiger partial charge in [-0.25, -0.2) is 0 Å². The molecule has 0 saturated heterocycles. The van der Waals surface area contributed by atoms with E-state index in [0.717, 1.165) is 4.90 Å². The van der Waals surface area contributed by atoms with Gasteiger partial charge in [0.25, 0.3) is 5.91 Å². The minimum atomic E-state index is -2.98. The number of aromatic hydroxyl groups is 1. The van der Waals surface area contributed by atoms with Gasteiger partial charge in [0, 0.05) is 34.5 Å². The molecule has 43 heavy (non-hydrogen) atoms. The molecular formula is C31H32N2O9S. The van der Waals surface area contributed by atoms with Crippen LogP contribution in [-0.2, 0) is 23.9 Å². The van der Waals surface area contributed by atoms with Gasteiger partial charge in [0.1, 0.15) is 28.9 Å². The summed E-state index contributed by atoms with van der Waals surface area (Å²) >= 11 is 1.42. The van der Waals surface area contributed by atoms with Gasteiger partial charge in [-0.2, -0.15) is 0 Å². The Morgan fingerprint density at radius 2 is 1.72 bits per heavy atom. The number of carbonyl (C=O) groups excluding carboxylic acids is 4. The second-order valence-corrected chi connectivity index (χ2v) is 12.1. The summed E-state index contributed by atoms with van der Waals surface area (Å²) < 4.78 is 5.94. The summed E-state index contributed by atoms with van der Waals surface area (Å²) in [5.74, 6) is -9.61. The number of hydrogen-bond acceptors (Lipinski definition) is 11. The van der Waals surface area contributed by atoms with Gasteiger partial charge in [0.15, 0.2) is 11.4 Å². The average Bonchev–Trinajstić information content (AvgIpc) is 2.96. The number of Topliss-reactive ketones (excluding diaryl/α,β-unsaturated/α-hetero) is 2. The molecule has 0 aromatic heterocycles. The van der Waals surface area contributed by atoms with Crippen LogP contribution in [0.25, 0.3) is 5.76 Å². The highest BCUT2D eigenvalue weighted by atomic mass is 32.2. The SMILES string of the molecule is CCC(=O)O[C@H]1[C@H]2C(=C(O)c3c(O)cccc3[C@@H]2CSc2ccccc2)C(=O)[C@]2(O)C(O)=C(C(N)=O)C(=O)[C@@H](N(C)C)[C@H]12. The molecule has 0 radical (unpaired) electrons. The van der Waals surface area contributed by atoms with Gasteiger partial charge < -0.3 is 30.9 Å². The van der Waals surface area contributed by atoms with Crippen LogP contribution in [0.4, 0.5) is 0 Å². The molecule has 0 aliphatic heterocycles. The van der Waals surface area contributed by atoms with Gasteiger partial charge in [0.05, 0.1) is 17.5 Å². The molecule has 0 bridgehead atoms. The Morgan fingerprint density at radius 3 is 2.33 bits per heavy atom. The number of esters is 1. The van der Waals surface area contributed by atoms with Crippen LogP contribution in [0.3, 0.4) is 0 Å². The number of aliphatic hydroxyl groups excluding tert-OH is 2. The number of aliphatic hydroxyl groups is 3. The molecule has 0 spiro atoms. The van der Waals surface area contributed by atoms with Crippen molar-refractivity contribution in [2.24, 2.45) is 17.6 Å². The number of carbonyl (C=O) groups is 4. The summed E-state index contributed by atoms with van der Waals surface area (Å²) in [4.78, 5) is 55.6. The van der Waals surface area contributed by atoms with Crippen LogP contribution >= 0.6 is 11.8 Å². The van der Waals surface area contributed by atoms with E-state index in [1.807, 2.05) is 30.3 Å². The van der Waals surface area contributed by atoms with E-state index in [4.69, 9.17) is 10.5 Å². The number of nitrogens with two attached hydrogens (primary N) is 1. The van der Waals surface area contributed by atoms with E-state index in [2.05, 4.69) is 0 Å². The lowest BCUT2D eigenvalue weighted by Crippen LogP contribution is -2.71. The molecule has 11 nitrogen and oxygen atoms in total. The Kier molecular flexibility index (Phi) is 7.88. The maximum absolute atomic E-state index is 14.4. The van der Waals surface area contributed by atoms with E-state index in [1.54, 1.807) is 19.1 Å². The third-order valence-corrected chi connectivity index (χ3v) is 9.63. The molecule has 5 rings (SSSR count). The summed E-state index contributed by atoms with van der Waals surface area (Å²) in [6.07, 6.45) is -1.54. The predicted molar refractivity (Wildman–Crippen MR) is 156 cm³/mol. The molecule has 12 heteroatoms. The maximum atomic E-state index is 14.4. The summed E-state index contributed by atoms with van der Waals surface area (Å²) in [6, 6.07) is 12.5. The van der Waals surface area contributed by atoms with E-state index in [1.165, 1.54) is 36.8 Å². The third kappa shape index (κ3) is 4.60. The summed E-state index contributed by atoms with van der Waals surface area (Å²) in [7, 11) is 2.96. The number of nitrogens with zero attached hydrogens (tertiary/aromatic N) is 1. The minimum absolute atomic E-state index is 0.0435. The lowest BCUT2D eigenvalue weighted by molar-refractivity contribution is -0.185. The standard InChI is InChI=1S/C31H32N2O9S/c1-4-18(35)42-27-20-16(13-43-14-9-6-5-7-10-14)15-11-8-12-17(34)19(15)25(36)21(20)28(38)31(41)23(27)24(33(2)3)26(37)22(29(31)39)30(32)40/h5-12,16,20,23-24,27,34,36,39,41H,4,13H2,1-3H3,(H2,32,40)/t16-,20+,23+,24-,27-,31-/m0/s1. The Morgan fingerprint density at radius 1 is 1.05 bits per heavy atom. The second-order valence-electron chi connectivity index (χ2n) is 11.0. The number of primary amides is 1. The minimum Gasteiger partial charge on any atom is -0.508 e. The van der Waals surface area contributed by atoms with Crippen LogP contribution in [0.15, 0.2) is 70.3 Å². The number of hydrogen-bond donors (Lipinski definition) is 5. The molecule has 1 saturated carbocycles. The highest BCUT2D eigenvalue weighted by Gasteiger charge is 2.69.